The minimum atomic E-state index is -0.195. The quantitative estimate of drug-likeness (QED) is 0.629. The maximum absolute atomic E-state index is 13.3. The Morgan fingerprint density at radius 1 is 0.960 bits per heavy atom. The van der Waals surface area contributed by atoms with Crippen molar-refractivity contribution in [1.29, 1.82) is 0 Å². The van der Waals surface area contributed by atoms with Crippen LogP contribution >= 0.6 is 0 Å². The van der Waals surface area contributed by atoms with Crippen molar-refractivity contribution in [2.45, 2.75) is 20.1 Å². The van der Waals surface area contributed by atoms with Crippen molar-refractivity contribution in [3.05, 3.63) is 89.2 Å². The van der Waals surface area contributed by atoms with E-state index in [1.165, 1.54) is 6.07 Å². The van der Waals surface area contributed by atoms with E-state index in [2.05, 4.69) is 5.32 Å². The molecule has 3 aromatic carbocycles. The van der Waals surface area contributed by atoms with E-state index in [9.17, 15) is 4.39 Å². The second-order valence-electron chi connectivity index (χ2n) is 5.93. The Morgan fingerprint density at radius 3 is 2.52 bits per heavy atom. The molecule has 0 radical (unpaired) electrons. The number of anilines is 2. The molecule has 128 valence electrons. The van der Waals surface area contributed by atoms with Gasteiger partial charge in [-0.1, -0.05) is 48.5 Å². The Hall–Kier alpha value is -3.01. The SMILES string of the molecule is Cc1cc(CNc2cccc(OCc3ccccc3)c2N)ccc1F. The lowest BCUT2D eigenvalue weighted by atomic mass is 10.1. The number of ether oxygens (including phenoxy) is 1. The molecular formula is C21H21FN2O. The fourth-order valence-corrected chi connectivity index (χ4v) is 2.57. The summed E-state index contributed by atoms with van der Waals surface area (Å²) in [7, 11) is 0. The first kappa shape index (κ1) is 16.8. The Morgan fingerprint density at radius 2 is 1.76 bits per heavy atom. The second kappa shape index (κ2) is 7.71. The molecule has 0 aliphatic carbocycles. The van der Waals surface area contributed by atoms with Crippen molar-refractivity contribution < 1.29 is 9.13 Å². The van der Waals surface area contributed by atoms with Crippen LogP contribution in [0, 0.1) is 12.7 Å². The molecule has 3 N–H and O–H groups in total. The molecule has 3 aromatic rings. The second-order valence-corrected chi connectivity index (χ2v) is 5.93. The lowest BCUT2D eigenvalue weighted by Gasteiger charge is -2.14. The fraction of sp³-hybridized carbons (Fsp3) is 0.143. The molecule has 0 amide bonds. The normalized spacial score (nSPS) is 10.5. The van der Waals surface area contributed by atoms with Gasteiger partial charge in [-0.25, -0.2) is 4.39 Å². The summed E-state index contributed by atoms with van der Waals surface area (Å²) in [5.41, 5.74) is 10.3. The smallest absolute Gasteiger partial charge is 0.144 e. The van der Waals surface area contributed by atoms with Crippen LogP contribution in [0.1, 0.15) is 16.7 Å². The van der Waals surface area contributed by atoms with Crippen LogP contribution in [-0.2, 0) is 13.2 Å². The van der Waals surface area contributed by atoms with Crippen LogP contribution < -0.4 is 15.8 Å². The van der Waals surface area contributed by atoms with E-state index >= 15 is 0 Å². The van der Waals surface area contributed by atoms with Crippen LogP contribution in [0.15, 0.2) is 66.7 Å². The number of nitrogens with one attached hydrogen (secondary N) is 1. The molecule has 3 rings (SSSR count). The molecule has 0 fully saturated rings. The molecule has 0 saturated carbocycles. The maximum atomic E-state index is 13.3. The fourth-order valence-electron chi connectivity index (χ4n) is 2.57. The molecular weight excluding hydrogens is 315 g/mol. The third-order valence-electron chi connectivity index (χ3n) is 4.01. The van der Waals surface area contributed by atoms with E-state index in [0.29, 0.717) is 30.2 Å². The van der Waals surface area contributed by atoms with E-state index in [4.69, 9.17) is 10.5 Å². The molecule has 0 bridgehead atoms. The molecule has 0 heterocycles. The van der Waals surface area contributed by atoms with Gasteiger partial charge in [-0.3, -0.25) is 0 Å². The van der Waals surface area contributed by atoms with Gasteiger partial charge in [0.05, 0.1) is 11.4 Å². The Bertz CT molecular complexity index is 850. The van der Waals surface area contributed by atoms with Crippen molar-refractivity contribution in [3.8, 4) is 5.75 Å². The highest BCUT2D eigenvalue weighted by molar-refractivity contribution is 5.73. The van der Waals surface area contributed by atoms with Crippen molar-refractivity contribution in [2.24, 2.45) is 0 Å². The standard InChI is InChI=1S/C21H21FN2O/c1-15-12-17(10-11-18(15)22)13-24-19-8-5-9-20(21(19)23)25-14-16-6-3-2-4-7-16/h2-12,24H,13-14,23H2,1H3. The number of halogens is 1. The van der Waals surface area contributed by atoms with Crippen LogP contribution in [0.2, 0.25) is 0 Å². The monoisotopic (exact) mass is 336 g/mol. The van der Waals surface area contributed by atoms with Gasteiger partial charge in [0, 0.05) is 6.54 Å². The number of nitrogens with two attached hydrogens (primary N) is 1. The van der Waals surface area contributed by atoms with Gasteiger partial charge >= 0.3 is 0 Å². The van der Waals surface area contributed by atoms with Crippen molar-refractivity contribution in [3.63, 3.8) is 0 Å². The number of aryl methyl sites for hydroxylation is 1. The van der Waals surface area contributed by atoms with Crippen LogP contribution in [0.3, 0.4) is 0 Å². The van der Waals surface area contributed by atoms with Gasteiger partial charge in [0.25, 0.3) is 0 Å². The highest BCUT2D eigenvalue weighted by Gasteiger charge is 2.07. The van der Waals surface area contributed by atoms with Crippen molar-refractivity contribution in [1.82, 2.24) is 0 Å². The highest BCUT2D eigenvalue weighted by Crippen LogP contribution is 2.30. The summed E-state index contributed by atoms with van der Waals surface area (Å²) in [5.74, 6) is 0.448. The molecule has 0 aliphatic rings. The zero-order chi connectivity index (χ0) is 17.6. The molecule has 0 unspecified atom stereocenters. The predicted molar refractivity (Wildman–Crippen MR) is 100 cm³/mol. The summed E-state index contributed by atoms with van der Waals surface area (Å²) < 4.78 is 19.2. The summed E-state index contributed by atoms with van der Waals surface area (Å²) in [4.78, 5) is 0. The summed E-state index contributed by atoms with van der Waals surface area (Å²) in [6.45, 7) is 2.78. The first-order valence-electron chi connectivity index (χ1n) is 8.17. The third kappa shape index (κ3) is 4.29. The van der Waals surface area contributed by atoms with Gasteiger partial charge in [-0.2, -0.15) is 0 Å². The number of para-hydroxylation sites is 1. The van der Waals surface area contributed by atoms with E-state index < -0.39 is 0 Å². The van der Waals surface area contributed by atoms with E-state index in [1.54, 1.807) is 13.0 Å². The molecule has 3 nitrogen and oxygen atoms in total. The van der Waals surface area contributed by atoms with E-state index in [-0.39, 0.29) is 5.82 Å². The summed E-state index contributed by atoms with van der Waals surface area (Å²) in [5, 5.41) is 3.29. The number of hydrogen-bond acceptors (Lipinski definition) is 3. The molecule has 0 saturated heterocycles. The van der Waals surface area contributed by atoms with E-state index in [1.807, 2.05) is 54.6 Å². The molecule has 0 aromatic heterocycles. The first-order valence-corrected chi connectivity index (χ1v) is 8.17. The van der Waals surface area contributed by atoms with Crippen LogP contribution in [0.4, 0.5) is 15.8 Å². The van der Waals surface area contributed by atoms with Crippen molar-refractivity contribution >= 4 is 11.4 Å². The van der Waals surface area contributed by atoms with Gasteiger partial charge in [0.15, 0.2) is 0 Å². The van der Waals surface area contributed by atoms with Crippen molar-refractivity contribution in [2.75, 3.05) is 11.1 Å². The predicted octanol–water partition coefficient (Wildman–Crippen LogP) is 4.91. The van der Waals surface area contributed by atoms with Crippen LogP contribution in [0.5, 0.6) is 5.75 Å². The van der Waals surface area contributed by atoms with Gasteiger partial charge in [-0.05, 0) is 41.8 Å². The van der Waals surface area contributed by atoms with Gasteiger partial charge in [0.1, 0.15) is 18.2 Å². The lowest BCUT2D eigenvalue weighted by molar-refractivity contribution is 0.308. The minimum Gasteiger partial charge on any atom is -0.487 e. The van der Waals surface area contributed by atoms with Gasteiger partial charge < -0.3 is 15.8 Å². The number of rotatable bonds is 6. The largest absolute Gasteiger partial charge is 0.487 e. The highest BCUT2D eigenvalue weighted by atomic mass is 19.1. The molecule has 0 spiro atoms. The average Bonchev–Trinajstić information content (AvgIpc) is 2.63. The lowest BCUT2D eigenvalue weighted by Crippen LogP contribution is -2.05. The zero-order valence-electron chi connectivity index (χ0n) is 14.1. The number of hydrogen-bond donors (Lipinski definition) is 2. The average molecular weight is 336 g/mol. The molecule has 0 aliphatic heterocycles. The van der Waals surface area contributed by atoms with E-state index in [0.717, 1.165) is 16.8 Å². The van der Waals surface area contributed by atoms with Crippen LogP contribution in [-0.4, -0.2) is 0 Å². The van der Waals surface area contributed by atoms with Gasteiger partial charge in [0.2, 0.25) is 0 Å². The van der Waals surface area contributed by atoms with Gasteiger partial charge in [-0.15, -0.1) is 0 Å². The third-order valence-corrected chi connectivity index (χ3v) is 4.01. The number of benzene rings is 3. The molecule has 4 heteroatoms. The minimum absolute atomic E-state index is 0.195. The zero-order valence-corrected chi connectivity index (χ0v) is 14.1. The Kier molecular flexibility index (Phi) is 5.19. The van der Waals surface area contributed by atoms with Crippen LogP contribution in [0.25, 0.3) is 0 Å². The number of nitrogen functional groups attached to an aromatic ring is 1. The Labute approximate surface area is 147 Å². The summed E-state index contributed by atoms with van der Waals surface area (Å²) in [6.07, 6.45) is 0. The summed E-state index contributed by atoms with van der Waals surface area (Å²) >= 11 is 0. The Balaban J connectivity index is 1.67. The topological polar surface area (TPSA) is 47.3 Å². The summed E-state index contributed by atoms with van der Waals surface area (Å²) in [6, 6.07) is 20.7. The first-order chi connectivity index (χ1) is 12.1. The maximum Gasteiger partial charge on any atom is 0.144 e. The molecule has 0 atom stereocenters. The molecule has 25 heavy (non-hydrogen) atoms.